The first-order valence-corrected chi connectivity index (χ1v) is 13.8. The van der Waals surface area contributed by atoms with E-state index in [1.165, 1.54) is 39.5 Å². The molecule has 2 N–H and O–H groups in total. The molecule has 1 aliphatic rings. The zero-order valence-corrected chi connectivity index (χ0v) is 22.6. The van der Waals surface area contributed by atoms with Gasteiger partial charge in [-0.05, 0) is 24.1 Å². The summed E-state index contributed by atoms with van der Waals surface area (Å²) in [5.74, 6) is -2.34. The molecule has 1 rings (SSSR count). The number of esters is 3. The molecule has 1 heterocycles. The van der Waals surface area contributed by atoms with Crippen LogP contribution in [0.1, 0.15) is 34.6 Å². The minimum Gasteiger partial charge on any atom is -0.550 e. The summed E-state index contributed by atoms with van der Waals surface area (Å²) in [6.45, 7) is 5.93. The summed E-state index contributed by atoms with van der Waals surface area (Å²) in [5, 5.41) is 21.0. The highest BCUT2D eigenvalue weighted by Gasteiger charge is 2.54. The molecule has 1 aliphatic heterocycles. The number of carboxylic acid groups (broad SMARTS) is 1. The van der Waals surface area contributed by atoms with Gasteiger partial charge in [-0.15, -0.1) is 11.8 Å². The Morgan fingerprint density at radius 1 is 0.971 bits per heavy atom. The van der Waals surface area contributed by atoms with Crippen molar-refractivity contribution >= 4 is 52.4 Å². The van der Waals surface area contributed by atoms with E-state index in [1.807, 2.05) is 6.26 Å². The molecule has 0 aromatic rings. The lowest BCUT2D eigenvalue weighted by molar-refractivity contribution is -0.302. The van der Waals surface area contributed by atoms with Gasteiger partial charge in [-0.1, -0.05) is 0 Å². The van der Waals surface area contributed by atoms with Gasteiger partial charge >= 0.3 is 17.9 Å². The largest absolute Gasteiger partial charge is 0.550 e. The van der Waals surface area contributed by atoms with Gasteiger partial charge in [-0.3, -0.25) is 19.2 Å². The van der Waals surface area contributed by atoms with Crippen LogP contribution in [0.4, 0.5) is 0 Å². The van der Waals surface area contributed by atoms with E-state index in [1.54, 1.807) is 6.26 Å². The lowest BCUT2D eigenvalue weighted by Crippen LogP contribution is -2.66. The lowest BCUT2D eigenvalue weighted by Gasteiger charge is -2.46. The molecule has 14 heteroatoms. The van der Waals surface area contributed by atoms with E-state index in [0.29, 0.717) is 11.5 Å². The van der Waals surface area contributed by atoms with Crippen LogP contribution in [0.5, 0.6) is 0 Å². The van der Waals surface area contributed by atoms with Crippen LogP contribution in [0.3, 0.4) is 0 Å². The molecular weight excluding hydrogens is 506 g/mol. The second-order valence-corrected chi connectivity index (χ2v) is 10.8. The molecule has 12 nitrogen and oxygen atoms in total. The van der Waals surface area contributed by atoms with Crippen molar-refractivity contribution in [3.05, 3.63) is 0 Å². The second-order valence-electron chi connectivity index (χ2n) is 7.60. The number of ether oxygens (including phenoxy) is 4. The van der Waals surface area contributed by atoms with E-state index in [-0.39, 0.29) is 23.4 Å². The SMILES string of the molecule is CC(=O)[O-].CS[C@H]1O[C@H]([C@H](C[S+](C)CCO)NC(C)=O)[C@H](OC(C)=O)[C@H](OC(C)=O)[C@H]1OC(C)=O. The topological polar surface area (TPSA) is 178 Å². The molecule has 1 saturated heterocycles. The summed E-state index contributed by atoms with van der Waals surface area (Å²) in [6.07, 6.45) is -0.487. The standard InChI is InChI=1S/C19H31NO9S2.C2H4O2/c1-10(22)20-14(9-31(6)8-7-21)15-16(26-11(2)23)17(27-12(3)24)18(28-13(4)25)19(29-15)30-5;1-2(3)4/h14-19,21H,7-9H2,1-6H3;1H3,(H,3,4)/t14-,15+,16-,17-,18+,19+,31?;/m0./s1. The van der Waals surface area contributed by atoms with E-state index in [9.17, 15) is 24.3 Å². The maximum Gasteiger partial charge on any atom is 0.303 e. The van der Waals surface area contributed by atoms with Gasteiger partial charge in [-0.2, -0.15) is 0 Å². The number of aliphatic carboxylic acids is 1. The van der Waals surface area contributed by atoms with Crippen LogP contribution in [-0.4, -0.2) is 101 Å². The van der Waals surface area contributed by atoms with Gasteiger partial charge in [0.2, 0.25) is 5.91 Å². The number of thioether (sulfide) groups is 1. The minimum atomic E-state index is -1.13. The first-order valence-electron chi connectivity index (χ1n) is 10.6. The van der Waals surface area contributed by atoms with Gasteiger partial charge < -0.3 is 39.3 Å². The summed E-state index contributed by atoms with van der Waals surface area (Å²) < 4.78 is 22.5. The van der Waals surface area contributed by atoms with Gasteiger partial charge in [0.25, 0.3) is 0 Å². The maximum atomic E-state index is 11.9. The van der Waals surface area contributed by atoms with Crippen LogP contribution in [0.25, 0.3) is 0 Å². The molecule has 35 heavy (non-hydrogen) atoms. The van der Waals surface area contributed by atoms with Crippen molar-refractivity contribution in [3.63, 3.8) is 0 Å². The Morgan fingerprint density at radius 3 is 1.83 bits per heavy atom. The number of carbonyl (C=O) groups is 5. The predicted octanol–water partition coefficient (Wildman–Crippen LogP) is -1.63. The van der Waals surface area contributed by atoms with Crippen LogP contribution >= 0.6 is 11.8 Å². The van der Waals surface area contributed by atoms with E-state index < -0.39 is 59.8 Å². The molecule has 0 radical (unpaired) electrons. The first-order chi connectivity index (χ1) is 16.2. The third kappa shape index (κ3) is 13.0. The fourth-order valence-corrected chi connectivity index (χ4v) is 5.43. The van der Waals surface area contributed by atoms with Gasteiger partial charge in [0.1, 0.15) is 29.1 Å². The van der Waals surface area contributed by atoms with Gasteiger partial charge in [0.05, 0.1) is 12.9 Å². The second kappa shape index (κ2) is 16.6. The number of carboxylic acids is 1. The number of aliphatic hydroxyl groups is 1. The molecule has 202 valence electrons. The Balaban J connectivity index is 0.00000267. The zero-order chi connectivity index (χ0) is 27.3. The summed E-state index contributed by atoms with van der Waals surface area (Å²) >= 11 is 1.24. The van der Waals surface area contributed by atoms with Crippen LogP contribution in [0, 0.1) is 0 Å². The highest BCUT2D eigenvalue weighted by molar-refractivity contribution is 7.99. The fourth-order valence-electron chi connectivity index (χ4n) is 3.34. The van der Waals surface area contributed by atoms with Crippen molar-refractivity contribution in [3.8, 4) is 0 Å². The van der Waals surface area contributed by atoms with E-state index in [4.69, 9.17) is 28.8 Å². The average molecular weight is 542 g/mol. The Kier molecular flexibility index (Phi) is 15.6. The Morgan fingerprint density at radius 2 is 1.43 bits per heavy atom. The Hall–Kier alpha value is -2.03. The predicted molar refractivity (Wildman–Crippen MR) is 127 cm³/mol. The van der Waals surface area contributed by atoms with Crippen molar-refractivity contribution in [1.29, 1.82) is 0 Å². The fraction of sp³-hybridized carbons (Fsp3) is 0.762. The molecule has 7 atom stereocenters. The van der Waals surface area contributed by atoms with Crippen molar-refractivity contribution < 1.29 is 53.1 Å². The monoisotopic (exact) mass is 541 g/mol. The third-order valence-electron chi connectivity index (χ3n) is 4.36. The average Bonchev–Trinajstić information content (AvgIpc) is 2.68. The van der Waals surface area contributed by atoms with Gasteiger partial charge in [0, 0.05) is 33.7 Å². The summed E-state index contributed by atoms with van der Waals surface area (Å²) in [4.78, 5) is 56.2. The zero-order valence-electron chi connectivity index (χ0n) is 20.9. The molecule has 0 aromatic carbocycles. The normalized spacial score (nSPS) is 25.1. The summed E-state index contributed by atoms with van der Waals surface area (Å²) in [6, 6.07) is -0.604. The van der Waals surface area contributed by atoms with Crippen LogP contribution in [0.15, 0.2) is 0 Å². The molecule has 0 spiro atoms. The van der Waals surface area contributed by atoms with Gasteiger partial charge in [0.15, 0.2) is 18.3 Å². The van der Waals surface area contributed by atoms with Crippen molar-refractivity contribution in [2.45, 2.75) is 70.5 Å². The molecule has 1 unspecified atom stereocenters. The summed E-state index contributed by atoms with van der Waals surface area (Å²) in [5.41, 5.74) is -0.738. The van der Waals surface area contributed by atoms with E-state index in [2.05, 4.69) is 5.32 Å². The van der Waals surface area contributed by atoms with Crippen molar-refractivity contribution in [2.75, 3.05) is 30.6 Å². The molecule has 0 saturated carbocycles. The number of aliphatic hydroxyl groups excluding tert-OH is 1. The van der Waals surface area contributed by atoms with Crippen molar-refractivity contribution in [1.82, 2.24) is 5.32 Å². The third-order valence-corrected chi connectivity index (χ3v) is 7.01. The van der Waals surface area contributed by atoms with E-state index in [0.717, 1.165) is 6.92 Å². The number of hydrogen-bond donors (Lipinski definition) is 2. The van der Waals surface area contributed by atoms with Crippen LogP contribution in [0.2, 0.25) is 0 Å². The number of carbonyl (C=O) groups excluding carboxylic acids is 5. The maximum absolute atomic E-state index is 11.9. The van der Waals surface area contributed by atoms with Crippen LogP contribution < -0.4 is 10.4 Å². The molecule has 0 bridgehead atoms. The lowest BCUT2D eigenvalue weighted by atomic mass is 9.94. The first kappa shape index (κ1) is 33.0. The highest BCUT2D eigenvalue weighted by atomic mass is 32.2. The molecule has 1 fully saturated rings. The quantitative estimate of drug-likeness (QED) is 0.184. The minimum absolute atomic E-state index is 0.0106. The molecular formula is C21H35NO11S2. The number of hydrogen-bond acceptors (Lipinski definition) is 12. The molecule has 1 amide bonds. The van der Waals surface area contributed by atoms with Gasteiger partial charge in [-0.25, -0.2) is 0 Å². The summed E-state index contributed by atoms with van der Waals surface area (Å²) in [7, 11) is -0.284. The molecule has 0 aromatic heterocycles. The molecule has 0 aliphatic carbocycles. The van der Waals surface area contributed by atoms with Crippen LogP contribution in [-0.2, 0) is 53.8 Å². The number of rotatable bonds is 10. The Bertz CT molecular complexity index is 732. The Labute approximate surface area is 212 Å². The van der Waals surface area contributed by atoms with E-state index >= 15 is 0 Å². The number of nitrogens with one attached hydrogen (secondary N) is 1. The number of amides is 1. The highest BCUT2D eigenvalue weighted by Crippen LogP contribution is 2.34. The van der Waals surface area contributed by atoms with Crippen molar-refractivity contribution in [2.24, 2.45) is 0 Å². The smallest absolute Gasteiger partial charge is 0.303 e.